The van der Waals surface area contributed by atoms with Crippen molar-refractivity contribution in [1.82, 2.24) is 4.72 Å². The van der Waals surface area contributed by atoms with Gasteiger partial charge in [0.05, 0.1) is 9.92 Å². The van der Waals surface area contributed by atoms with Gasteiger partial charge in [0, 0.05) is 16.6 Å². The van der Waals surface area contributed by atoms with Gasteiger partial charge in [0.25, 0.3) is 0 Å². The zero-order chi connectivity index (χ0) is 14.1. The molecule has 1 saturated carbocycles. The number of rotatable bonds is 4. The lowest BCUT2D eigenvalue weighted by molar-refractivity contribution is 0.399. The van der Waals surface area contributed by atoms with E-state index in [0.717, 1.165) is 25.7 Å². The fourth-order valence-corrected chi connectivity index (χ4v) is 4.38. The van der Waals surface area contributed by atoms with Crippen LogP contribution >= 0.6 is 39.9 Å². The standard InChI is InChI=1S/C12H16BrClN2O2S.ClH/c13-10-4-3-9(7-11(10)14)19(17,18)16-12(8-15)5-1-2-6-12;/h3-4,7,16H,1-2,5-6,8,15H2;1H. The summed E-state index contributed by atoms with van der Waals surface area (Å²) in [6, 6.07) is 4.59. The third kappa shape index (κ3) is 3.87. The van der Waals surface area contributed by atoms with Gasteiger partial charge in [0.15, 0.2) is 0 Å². The van der Waals surface area contributed by atoms with Gasteiger partial charge >= 0.3 is 0 Å². The molecule has 0 spiro atoms. The summed E-state index contributed by atoms with van der Waals surface area (Å²) >= 11 is 9.18. The molecular formula is C12H17BrCl2N2O2S. The highest BCUT2D eigenvalue weighted by Crippen LogP contribution is 2.31. The maximum absolute atomic E-state index is 12.4. The van der Waals surface area contributed by atoms with Gasteiger partial charge in [0.1, 0.15) is 0 Å². The Labute approximate surface area is 139 Å². The molecule has 114 valence electrons. The highest BCUT2D eigenvalue weighted by molar-refractivity contribution is 9.10. The molecule has 0 bridgehead atoms. The Morgan fingerprint density at radius 2 is 1.95 bits per heavy atom. The largest absolute Gasteiger partial charge is 0.329 e. The summed E-state index contributed by atoms with van der Waals surface area (Å²) in [5.74, 6) is 0. The van der Waals surface area contributed by atoms with Gasteiger partial charge in [-0.15, -0.1) is 12.4 Å². The second-order valence-electron chi connectivity index (χ2n) is 4.87. The quantitative estimate of drug-likeness (QED) is 0.811. The van der Waals surface area contributed by atoms with Crippen LogP contribution in [0.3, 0.4) is 0 Å². The smallest absolute Gasteiger partial charge is 0.241 e. The Morgan fingerprint density at radius 3 is 2.45 bits per heavy atom. The molecule has 1 aliphatic carbocycles. The number of nitrogens with one attached hydrogen (secondary N) is 1. The van der Waals surface area contributed by atoms with Crippen molar-refractivity contribution >= 4 is 50.0 Å². The van der Waals surface area contributed by atoms with Gasteiger partial charge < -0.3 is 5.73 Å². The zero-order valence-corrected chi connectivity index (χ0v) is 14.7. The van der Waals surface area contributed by atoms with Crippen LogP contribution in [0.2, 0.25) is 5.02 Å². The van der Waals surface area contributed by atoms with Crippen LogP contribution in [-0.4, -0.2) is 20.5 Å². The first-order valence-electron chi connectivity index (χ1n) is 6.08. The van der Waals surface area contributed by atoms with E-state index < -0.39 is 15.6 Å². The first kappa shape index (κ1) is 18.2. The fourth-order valence-electron chi connectivity index (χ4n) is 2.39. The number of nitrogens with two attached hydrogens (primary N) is 1. The molecule has 0 amide bonds. The van der Waals surface area contributed by atoms with Gasteiger partial charge in [-0.2, -0.15) is 0 Å². The highest BCUT2D eigenvalue weighted by atomic mass is 79.9. The summed E-state index contributed by atoms with van der Waals surface area (Å²) in [5.41, 5.74) is 5.25. The molecule has 4 nitrogen and oxygen atoms in total. The van der Waals surface area contributed by atoms with Gasteiger partial charge in [-0.25, -0.2) is 13.1 Å². The summed E-state index contributed by atoms with van der Waals surface area (Å²) in [6.45, 7) is 0.316. The van der Waals surface area contributed by atoms with E-state index in [2.05, 4.69) is 20.7 Å². The maximum atomic E-state index is 12.4. The molecule has 8 heteroatoms. The maximum Gasteiger partial charge on any atom is 0.241 e. The topological polar surface area (TPSA) is 72.2 Å². The van der Waals surface area contributed by atoms with Crippen LogP contribution in [-0.2, 0) is 10.0 Å². The molecular weight excluding hydrogens is 387 g/mol. The van der Waals surface area contributed by atoms with Gasteiger partial charge in [-0.1, -0.05) is 24.4 Å². The van der Waals surface area contributed by atoms with E-state index in [0.29, 0.717) is 16.0 Å². The Balaban J connectivity index is 0.00000200. The molecule has 1 aromatic carbocycles. The lowest BCUT2D eigenvalue weighted by Gasteiger charge is -2.28. The molecule has 0 aliphatic heterocycles. The number of hydrogen-bond donors (Lipinski definition) is 2. The number of hydrogen-bond acceptors (Lipinski definition) is 3. The first-order valence-corrected chi connectivity index (χ1v) is 8.73. The van der Waals surface area contributed by atoms with E-state index in [1.165, 1.54) is 12.1 Å². The molecule has 0 radical (unpaired) electrons. The molecule has 3 N–H and O–H groups in total. The Hall–Kier alpha value is 0.150. The van der Waals surface area contributed by atoms with Crippen molar-refractivity contribution in [3.63, 3.8) is 0 Å². The number of halogens is 3. The van der Waals surface area contributed by atoms with E-state index in [9.17, 15) is 8.42 Å². The average molecular weight is 404 g/mol. The summed E-state index contributed by atoms with van der Waals surface area (Å²) in [7, 11) is -3.59. The van der Waals surface area contributed by atoms with Gasteiger partial charge in [-0.05, 0) is 47.0 Å². The minimum absolute atomic E-state index is 0. The van der Waals surface area contributed by atoms with Crippen molar-refractivity contribution in [2.45, 2.75) is 36.1 Å². The first-order chi connectivity index (χ1) is 8.88. The molecule has 0 saturated heterocycles. The summed E-state index contributed by atoms with van der Waals surface area (Å²) in [4.78, 5) is 0.167. The van der Waals surface area contributed by atoms with Crippen LogP contribution in [0.15, 0.2) is 27.6 Å². The van der Waals surface area contributed by atoms with Gasteiger partial charge in [0.2, 0.25) is 10.0 Å². The van der Waals surface area contributed by atoms with Crippen LogP contribution in [0.25, 0.3) is 0 Å². The van der Waals surface area contributed by atoms with Crippen LogP contribution < -0.4 is 10.5 Å². The van der Waals surface area contributed by atoms with Crippen molar-refractivity contribution in [2.75, 3.05) is 6.54 Å². The zero-order valence-electron chi connectivity index (χ0n) is 10.7. The molecule has 1 fully saturated rings. The predicted molar refractivity (Wildman–Crippen MR) is 87.0 cm³/mol. The van der Waals surface area contributed by atoms with E-state index >= 15 is 0 Å². The van der Waals surface area contributed by atoms with Crippen molar-refractivity contribution < 1.29 is 8.42 Å². The lowest BCUT2D eigenvalue weighted by atomic mass is 10.0. The van der Waals surface area contributed by atoms with Crippen LogP contribution in [0.4, 0.5) is 0 Å². The Bertz CT molecular complexity index is 575. The summed E-state index contributed by atoms with van der Waals surface area (Å²) < 4.78 is 28.2. The minimum Gasteiger partial charge on any atom is -0.329 e. The Morgan fingerprint density at radius 1 is 1.35 bits per heavy atom. The normalized spacial score (nSPS) is 17.8. The molecule has 0 unspecified atom stereocenters. The molecule has 0 heterocycles. The van der Waals surface area contributed by atoms with E-state index in [-0.39, 0.29) is 17.3 Å². The van der Waals surface area contributed by atoms with E-state index in [4.69, 9.17) is 17.3 Å². The third-order valence-corrected chi connectivity index (χ3v) is 6.31. The minimum atomic E-state index is -3.59. The second kappa shape index (κ2) is 6.94. The second-order valence-corrected chi connectivity index (χ2v) is 7.82. The summed E-state index contributed by atoms with van der Waals surface area (Å²) in [5, 5.41) is 0.371. The third-order valence-electron chi connectivity index (χ3n) is 3.50. The molecule has 2 rings (SSSR count). The number of benzene rings is 1. The monoisotopic (exact) mass is 402 g/mol. The molecule has 1 aliphatic rings. The highest BCUT2D eigenvalue weighted by Gasteiger charge is 2.36. The van der Waals surface area contributed by atoms with Crippen molar-refractivity contribution in [3.05, 3.63) is 27.7 Å². The SMILES string of the molecule is Cl.NCC1(NS(=O)(=O)c2ccc(Br)c(Cl)c2)CCCC1. The van der Waals surface area contributed by atoms with Crippen LogP contribution in [0, 0.1) is 0 Å². The number of sulfonamides is 1. The lowest BCUT2D eigenvalue weighted by Crippen LogP contribution is -2.51. The fraction of sp³-hybridized carbons (Fsp3) is 0.500. The average Bonchev–Trinajstić information content (AvgIpc) is 2.81. The predicted octanol–water partition coefficient (Wildman–Crippen LogP) is 3.07. The summed E-state index contributed by atoms with van der Waals surface area (Å²) in [6.07, 6.45) is 3.57. The van der Waals surface area contributed by atoms with Crippen molar-refractivity contribution in [1.29, 1.82) is 0 Å². The Kier molecular flexibility index (Phi) is 6.32. The molecule has 0 aromatic heterocycles. The molecule has 20 heavy (non-hydrogen) atoms. The van der Waals surface area contributed by atoms with E-state index in [1.54, 1.807) is 6.07 Å². The van der Waals surface area contributed by atoms with E-state index in [1.807, 2.05) is 0 Å². The van der Waals surface area contributed by atoms with Crippen LogP contribution in [0.1, 0.15) is 25.7 Å². The van der Waals surface area contributed by atoms with Crippen LogP contribution in [0.5, 0.6) is 0 Å². The molecule has 0 atom stereocenters. The van der Waals surface area contributed by atoms with Gasteiger partial charge in [-0.3, -0.25) is 0 Å². The molecule has 1 aromatic rings. The van der Waals surface area contributed by atoms with Crippen molar-refractivity contribution in [3.8, 4) is 0 Å². The van der Waals surface area contributed by atoms with Crippen molar-refractivity contribution in [2.24, 2.45) is 5.73 Å².